The normalized spacial score (nSPS) is 11.7. The number of aromatic nitrogens is 2. The van der Waals surface area contributed by atoms with E-state index in [0.29, 0.717) is 34.5 Å². The summed E-state index contributed by atoms with van der Waals surface area (Å²) < 4.78 is 0.878. The summed E-state index contributed by atoms with van der Waals surface area (Å²) in [4.78, 5) is 46.9. The van der Waals surface area contributed by atoms with Crippen molar-refractivity contribution in [2.75, 3.05) is 31.3 Å². The van der Waals surface area contributed by atoms with E-state index in [1.165, 1.54) is 6.33 Å². The van der Waals surface area contributed by atoms with Crippen molar-refractivity contribution in [3.63, 3.8) is 0 Å². The molecule has 0 aliphatic rings. The minimum absolute atomic E-state index is 0.0944. The van der Waals surface area contributed by atoms with Crippen molar-refractivity contribution in [3.05, 3.63) is 94.2 Å². The number of carbonyl (C=O) groups is 3. The third-order valence-corrected chi connectivity index (χ3v) is 6.87. The fourth-order valence-electron chi connectivity index (χ4n) is 4.42. The van der Waals surface area contributed by atoms with Crippen LogP contribution in [0.2, 0.25) is 0 Å². The van der Waals surface area contributed by atoms with Gasteiger partial charge >= 0.3 is 0 Å². The molecule has 4 rings (SSSR count). The first-order valence-corrected chi connectivity index (χ1v) is 13.4. The van der Waals surface area contributed by atoms with Crippen LogP contribution in [0.3, 0.4) is 0 Å². The van der Waals surface area contributed by atoms with E-state index in [1.54, 1.807) is 58.5 Å². The number of nitrogens with zero attached hydrogens (tertiary/aromatic N) is 4. The lowest BCUT2D eigenvalue weighted by atomic mass is 10.0. The molecule has 4 aromatic rings. The molecule has 10 nitrogen and oxygen atoms in total. The molecule has 1 unspecified atom stereocenters. The van der Waals surface area contributed by atoms with E-state index in [9.17, 15) is 14.4 Å². The highest BCUT2D eigenvalue weighted by atomic mass is 79.9. The number of rotatable bonds is 10. The number of hydrogen-bond donors (Lipinski definition) is 3. The number of halogens is 1. The Morgan fingerprint density at radius 3 is 2.40 bits per heavy atom. The lowest BCUT2D eigenvalue weighted by Gasteiger charge is -2.30. The second kappa shape index (κ2) is 12.7. The standard InChI is InChI=1S/C29H30BrN7O3/c1-4-37(36(2)3)25(38)16-24(35-28-23-10-6-9-22(27(31)39)26(23)32-17-33-28)19-7-5-8-21(15-19)34-29(40)18-11-13-20(30)14-12-18/h5-15,17,24H,4,16H2,1-3H3,(H2,31,39)(H,34,40)(H,32,33,35). The smallest absolute Gasteiger partial charge is 0.255 e. The van der Waals surface area contributed by atoms with Crippen LogP contribution < -0.4 is 16.4 Å². The van der Waals surface area contributed by atoms with Crippen molar-refractivity contribution in [3.8, 4) is 0 Å². The molecule has 0 saturated heterocycles. The summed E-state index contributed by atoms with van der Waals surface area (Å²) in [6.45, 7) is 2.40. The van der Waals surface area contributed by atoms with E-state index in [2.05, 4.69) is 36.5 Å². The van der Waals surface area contributed by atoms with Crippen molar-refractivity contribution in [1.29, 1.82) is 0 Å². The van der Waals surface area contributed by atoms with Crippen molar-refractivity contribution in [2.24, 2.45) is 5.73 Å². The minimum atomic E-state index is -0.597. The van der Waals surface area contributed by atoms with Gasteiger partial charge in [0.15, 0.2) is 0 Å². The molecule has 1 heterocycles. The summed E-state index contributed by atoms with van der Waals surface area (Å²) in [7, 11) is 3.62. The van der Waals surface area contributed by atoms with E-state index in [4.69, 9.17) is 5.73 Å². The van der Waals surface area contributed by atoms with Gasteiger partial charge in [-0.2, -0.15) is 0 Å². The van der Waals surface area contributed by atoms with E-state index < -0.39 is 11.9 Å². The number of primary amides is 1. The molecule has 11 heteroatoms. The van der Waals surface area contributed by atoms with Crippen LogP contribution in [0, 0.1) is 0 Å². The van der Waals surface area contributed by atoms with Crippen molar-refractivity contribution in [1.82, 2.24) is 20.0 Å². The average molecular weight is 605 g/mol. The Morgan fingerprint density at radius 1 is 1.00 bits per heavy atom. The van der Waals surface area contributed by atoms with Crippen molar-refractivity contribution in [2.45, 2.75) is 19.4 Å². The highest BCUT2D eigenvalue weighted by Gasteiger charge is 2.23. The van der Waals surface area contributed by atoms with Crippen LogP contribution in [-0.4, -0.2) is 58.3 Å². The Hall–Kier alpha value is -4.35. The maximum atomic E-state index is 13.3. The number of nitrogens with two attached hydrogens (primary N) is 1. The van der Waals surface area contributed by atoms with Gasteiger partial charge in [-0.05, 0) is 61.0 Å². The van der Waals surface area contributed by atoms with Gasteiger partial charge in [-0.3, -0.25) is 19.4 Å². The molecule has 1 aromatic heterocycles. The summed E-state index contributed by atoms with van der Waals surface area (Å²) in [6.07, 6.45) is 1.44. The van der Waals surface area contributed by atoms with E-state index in [-0.39, 0.29) is 23.8 Å². The van der Waals surface area contributed by atoms with Crippen LogP contribution in [0.4, 0.5) is 11.5 Å². The van der Waals surface area contributed by atoms with Crippen molar-refractivity contribution >= 4 is 56.1 Å². The number of amides is 3. The van der Waals surface area contributed by atoms with Gasteiger partial charge in [-0.1, -0.05) is 34.1 Å². The molecule has 4 N–H and O–H groups in total. The zero-order valence-electron chi connectivity index (χ0n) is 22.4. The van der Waals surface area contributed by atoms with Gasteiger partial charge in [-0.25, -0.2) is 15.0 Å². The Balaban J connectivity index is 1.70. The Bertz CT molecular complexity index is 1540. The summed E-state index contributed by atoms with van der Waals surface area (Å²) in [5, 5.41) is 10.3. The summed E-state index contributed by atoms with van der Waals surface area (Å²) >= 11 is 3.38. The number of hydrazine groups is 1. The predicted molar refractivity (Wildman–Crippen MR) is 159 cm³/mol. The molecule has 0 aliphatic heterocycles. The molecule has 40 heavy (non-hydrogen) atoms. The SMILES string of the molecule is CCN(C(=O)CC(Nc1ncnc2c(C(N)=O)cccc12)c1cccc(NC(=O)c2ccc(Br)cc2)c1)N(C)C. The lowest BCUT2D eigenvalue weighted by molar-refractivity contribution is -0.144. The third-order valence-electron chi connectivity index (χ3n) is 6.34. The quantitative estimate of drug-likeness (QED) is 0.225. The zero-order valence-corrected chi connectivity index (χ0v) is 24.0. The van der Waals surface area contributed by atoms with Crippen LogP contribution in [-0.2, 0) is 4.79 Å². The number of para-hydroxylation sites is 1. The molecule has 0 spiro atoms. The van der Waals surface area contributed by atoms with Gasteiger partial charge in [0.2, 0.25) is 5.91 Å². The first kappa shape index (κ1) is 28.7. The van der Waals surface area contributed by atoms with Crippen LogP contribution in [0.25, 0.3) is 10.9 Å². The minimum Gasteiger partial charge on any atom is -0.366 e. The predicted octanol–water partition coefficient (Wildman–Crippen LogP) is 4.61. The number of nitrogens with one attached hydrogen (secondary N) is 2. The van der Waals surface area contributed by atoms with E-state index >= 15 is 0 Å². The largest absolute Gasteiger partial charge is 0.366 e. The van der Waals surface area contributed by atoms with Crippen LogP contribution in [0.15, 0.2) is 77.5 Å². The molecule has 206 valence electrons. The molecule has 0 bridgehead atoms. The maximum absolute atomic E-state index is 13.3. The van der Waals surface area contributed by atoms with Crippen molar-refractivity contribution < 1.29 is 14.4 Å². The number of hydrogen-bond acceptors (Lipinski definition) is 7. The molecule has 3 aromatic carbocycles. The molecule has 0 fully saturated rings. The van der Waals surface area contributed by atoms with Gasteiger partial charge in [0.05, 0.1) is 23.5 Å². The van der Waals surface area contributed by atoms with Crippen LogP contribution in [0.5, 0.6) is 0 Å². The molecular weight excluding hydrogens is 574 g/mol. The fraction of sp³-hybridized carbons (Fsp3) is 0.207. The van der Waals surface area contributed by atoms with Gasteiger partial charge in [-0.15, -0.1) is 0 Å². The van der Waals surface area contributed by atoms with E-state index in [1.807, 2.05) is 39.2 Å². The topological polar surface area (TPSA) is 134 Å². The van der Waals surface area contributed by atoms with Crippen LogP contribution in [0.1, 0.15) is 45.7 Å². The second-order valence-electron chi connectivity index (χ2n) is 9.23. The molecular formula is C29H30BrN7O3. The zero-order chi connectivity index (χ0) is 28.8. The Morgan fingerprint density at radius 2 is 1.73 bits per heavy atom. The van der Waals surface area contributed by atoms with Gasteiger partial charge < -0.3 is 16.4 Å². The fourth-order valence-corrected chi connectivity index (χ4v) is 4.68. The third kappa shape index (κ3) is 6.61. The van der Waals surface area contributed by atoms with Gasteiger partial charge in [0, 0.05) is 41.7 Å². The molecule has 3 amide bonds. The Kier molecular flexibility index (Phi) is 9.08. The first-order chi connectivity index (χ1) is 19.2. The summed E-state index contributed by atoms with van der Waals surface area (Å²) in [5.41, 5.74) is 8.10. The monoisotopic (exact) mass is 603 g/mol. The summed E-state index contributed by atoms with van der Waals surface area (Å²) in [6, 6.07) is 19.0. The Labute approximate surface area is 240 Å². The molecule has 0 aliphatic carbocycles. The average Bonchev–Trinajstić information content (AvgIpc) is 2.93. The maximum Gasteiger partial charge on any atom is 0.255 e. The number of carbonyl (C=O) groups excluding carboxylic acids is 3. The highest BCUT2D eigenvalue weighted by molar-refractivity contribution is 9.10. The molecule has 1 atom stereocenters. The number of fused-ring (bicyclic) bond motifs is 1. The number of anilines is 2. The molecule has 0 radical (unpaired) electrons. The van der Waals surface area contributed by atoms with E-state index in [0.717, 1.165) is 10.0 Å². The van der Waals surface area contributed by atoms with Gasteiger partial charge in [0.25, 0.3) is 11.8 Å². The van der Waals surface area contributed by atoms with Gasteiger partial charge in [0.1, 0.15) is 12.1 Å². The first-order valence-electron chi connectivity index (χ1n) is 12.6. The second-order valence-corrected chi connectivity index (χ2v) is 10.1. The van der Waals surface area contributed by atoms with Crippen LogP contribution >= 0.6 is 15.9 Å². The lowest BCUT2D eigenvalue weighted by Crippen LogP contribution is -2.42. The molecule has 0 saturated carbocycles. The summed E-state index contributed by atoms with van der Waals surface area (Å²) in [5.74, 6) is -0.509. The highest BCUT2D eigenvalue weighted by Crippen LogP contribution is 2.29. The number of benzene rings is 3.